The quantitative estimate of drug-likeness (QED) is 0.325. The zero-order valence-electron chi connectivity index (χ0n) is 19.4. The molecule has 1 fully saturated rings. The lowest BCUT2D eigenvalue weighted by atomic mass is 9.77. The lowest BCUT2D eigenvalue weighted by Crippen LogP contribution is -2.67. The fraction of sp³-hybridized carbons (Fsp3) is 1.00. The Hall–Kier alpha value is -0.340. The van der Waals surface area contributed by atoms with Crippen molar-refractivity contribution in [1.29, 1.82) is 0 Å². The topological polar surface area (TPSA) is 57.2 Å². The number of rotatable bonds is 17. The van der Waals surface area contributed by atoms with E-state index in [9.17, 15) is 5.11 Å². The zero-order valence-corrected chi connectivity index (χ0v) is 19.4. The molecule has 180 valence electrons. The molecule has 0 amide bonds. The minimum absolute atomic E-state index is 0.170. The van der Waals surface area contributed by atoms with Crippen molar-refractivity contribution in [2.45, 2.75) is 109 Å². The highest BCUT2D eigenvalue weighted by molar-refractivity contribution is 5.05. The molecule has 0 aromatic heterocycles. The normalized spacial score (nSPS) is 28.7. The van der Waals surface area contributed by atoms with Gasteiger partial charge in [-0.05, 0) is 25.7 Å². The third kappa shape index (κ3) is 8.30. The van der Waals surface area contributed by atoms with Crippen molar-refractivity contribution in [3.63, 3.8) is 0 Å². The average Bonchev–Trinajstić information content (AvgIpc) is 2.72. The van der Waals surface area contributed by atoms with Crippen LogP contribution in [0.4, 0.5) is 8.78 Å². The van der Waals surface area contributed by atoms with Gasteiger partial charge in [-0.2, -0.15) is 0 Å². The number of unbranched alkanes of at least 4 members (excludes halogenated alkanes) is 4. The highest BCUT2D eigenvalue weighted by Gasteiger charge is 2.62. The fourth-order valence-electron chi connectivity index (χ4n) is 3.59. The summed E-state index contributed by atoms with van der Waals surface area (Å²) in [4.78, 5) is 0. The van der Waals surface area contributed by atoms with Crippen LogP contribution in [-0.2, 0) is 18.9 Å². The summed E-state index contributed by atoms with van der Waals surface area (Å²) < 4.78 is 54.0. The maximum atomic E-state index is 15.3. The SMILES string of the molecule is CCCCOC[C@@H]1[C@@H](OCCCC)[C@H](OCCCC)[C@@H](OCCCC)[C@H](O)C1(F)F. The lowest BCUT2D eigenvalue weighted by Gasteiger charge is -2.48. The van der Waals surface area contributed by atoms with Gasteiger partial charge >= 0.3 is 0 Å². The summed E-state index contributed by atoms with van der Waals surface area (Å²) in [5.74, 6) is -4.66. The Kier molecular flexibility index (Phi) is 14.3. The van der Waals surface area contributed by atoms with Gasteiger partial charge in [0.2, 0.25) is 0 Å². The van der Waals surface area contributed by atoms with Gasteiger partial charge in [0, 0.05) is 26.4 Å². The predicted molar refractivity (Wildman–Crippen MR) is 114 cm³/mol. The van der Waals surface area contributed by atoms with E-state index in [1.807, 2.05) is 27.7 Å². The highest BCUT2D eigenvalue weighted by Crippen LogP contribution is 2.43. The van der Waals surface area contributed by atoms with Gasteiger partial charge in [0.15, 0.2) is 0 Å². The molecule has 1 N–H and O–H groups in total. The summed E-state index contributed by atoms with van der Waals surface area (Å²) in [7, 11) is 0. The number of ether oxygens (including phenoxy) is 4. The van der Waals surface area contributed by atoms with Crippen molar-refractivity contribution in [3.8, 4) is 0 Å². The van der Waals surface area contributed by atoms with E-state index < -0.39 is 36.3 Å². The van der Waals surface area contributed by atoms with Crippen LogP contribution in [0.3, 0.4) is 0 Å². The van der Waals surface area contributed by atoms with E-state index in [-0.39, 0.29) is 6.61 Å². The predicted octanol–water partition coefficient (Wildman–Crippen LogP) is 4.99. The minimum atomic E-state index is -3.38. The number of hydrogen-bond acceptors (Lipinski definition) is 5. The third-order valence-electron chi connectivity index (χ3n) is 5.61. The van der Waals surface area contributed by atoms with Crippen LogP contribution in [0.5, 0.6) is 0 Å². The maximum Gasteiger partial charge on any atom is 0.283 e. The van der Waals surface area contributed by atoms with Crippen LogP contribution in [0.2, 0.25) is 0 Å². The van der Waals surface area contributed by atoms with Gasteiger partial charge < -0.3 is 24.1 Å². The molecule has 0 saturated heterocycles. The summed E-state index contributed by atoms with van der Waals surface area (Å²) in [5.41, 5.74) is 0. The van der Waals surface area contributed by atoms with Crippen LogP contribution in [0.15, 0.2) is 0 Å². The smallest absolute Gasteiger partial charge is 0.283 e. The summed E-state index contributed by atoms with van der Waals surface area (Å²) in [5, 5.41) is 10.6. The minimum Gasteiger partial charge on any atom is -0.384 e. The molecule has 0 aromatic carbocycles. The molecule has 7 heteroatoms. The molecular formula is C23H44F2O5. The van der Waals surface area contributed by atoms with E-state index in [2.05, 4.69) is 0 Å². The van der Waals surface area contributed by atoms with Crippen molar-refractivity contribution in [1.82, 2.24) is 0 Å². The molecule has 1 rings (SSSR count). The van der Waals surface area contributed by atoms with Crippen LogP contribution in [0.1, 0.15) is 79.1 Å². The largest absolute Gasteiger partial charge is 0.384 e. The van der Waals surface area contributed by atoms with Crippen molar-refractivity contribution in [2.24, 2.45) is 5.92 Å². The third-order valence-corrected chi connectivity index (χ3v) is 5.61. The van der Waals surface area contributed by atoms with E-state index in [1.165, 1.54) is 0 Å². The molecule has 0 unspecified atom stereocenters. The van der Waals surface area contributed by atoms with Crippen LogP contribution in [-0.4, -0.2) is 68.5 Å². The molecule has 0 radical (unpaired) electrons. The number of alkyl halides is 2. The van der Waals surface area contributed by atoms with Gasteiger partial charge in [0.05, 0.1) is 18.6 Å². The molecule has 0 aromatic rings. The van der Waals surface area contributed by atoms with Crippen molar-refractivity contribution >= 4 is 0 Å². The number of aliphatic hydroxyl groups excluding tert-OH is 1. The zero-order chi connectivity index (χ0) is 22.4. The molecule has 1 aliphatic carbocycles. The lowest BCUT2D eigenvalue weighted by molar-refractivity contribution is -0.298. The molecule has 0 bridgehead atoms. The van der Waals surface area contributed by atoms with E-state index in [4.69, 9.17) is 18.9 Å². The summed E-state index contributed by atoms with van der Waals surface area (Å²) in [6, 6.07) is 0. The van der Waals surface area contributed by atoms with Crippen molar-refractivity contribution < 1.29 is 32.8 Å². The van der Waals surface area contributed by atoms with Gasteiger partial charge in [0.25, 0.3) is 5.92 Å². The molecule has 30 heavy (non-hydrogen) atoms. The first-order valence-corrected chi connectivity index (χ1v) is 11.9. The molecular weight excluding hydrogens is 394 g/mol. The highest BCUT2D eigenvalue weighted by atomic mass is 19.3. The Morgan fingerprint density at radius 3 is 1.60 bits per heavy atom. The first kappa shape index (κ1) is 27.7. The van der Waals surface area contributed by atoms with E-state index in [0.29, 0.717) is 26.4 Å². The van der Waals surface area contributed by atoms with Crippen LogP contribution < -0.4 is 0 Å². The second-order valence-electron chi connectivity index (χ2n) is 8.22. The summed E-state index contributed by atoms with van der Waals surface area (Å²) >= 11 is 0. The van der Waals surface area contributed by atoms with E-state index in [0.717, 1.165) is 51.4 Å². The van der Waals surface area contributed by atoms with Crippen LogP contribution in [0.25, 0.3) is 0 Å². The summed E-state index contributed by atoms with van der Waals surface area (Å²) in [6.45, 7) is 9.44. The first-order valence-electron chi connectivity index (χ1n) is 11.9. The van der Waals surface area contributed by atoms with Gasteiger partial charge in [-0.15, -0.1) is 0 Å². The Bertz CT molecular complexity index is 424. The maximum absolute atomic E-state index is 15.3. The standard InChI is InChI=1S/C23H44F2O5/c1-5-9-13-27-17-18-19(28-14-10-6-2)20(29-15-11-7-3)21(30-16-12-8-4)22(26)23(18,24)25/h18-22,26H,5-17H2,1-4H3/t18-,19-,20+,21-,22+/m1/s1. The second kappa shape index (κ2) is 15.5. The Labute approximate surface area is 181 Å². The van der Waals surface area contributed by atoms with Gasteiger partial charge in [-0.3, -0.25) is 0 Å². The van der Waals surface area contributed by atoms with Gasteiger partial charge in [-0.1, -0.05) is 53.4 Å². The van der Waals surface area contributed by atoms with Crippen molar-refractivity contribution in [3.05, 3.63) is 0 Å². The first-order chi connectivity index (χ1) is 14.4. The monoisotopic (exact) mass is 438 g/mol. The van der Waals surface area contributed by atoms with Crippen LogP contribution in [0, 0.1) is 5.92 Å². The molecule has 5 nitrogen and oxygen atoms in total. The molecule has 5 atom stereocenters. The Morgan fingerprint density at radius 1 is 0.667 bits per heavy atom. The average molecular weight is 439 g/mol. The van der Waals surface area contributed by atoms with Gasteiger partial charge in [-0.25, -0.2) is 8.78 Å². The molecule has 0 spiro atoms. The molecule has 1 saturated carbocycles. The van der Waals surface area contributed by atoms with E-state index in [1.54, 1.807) is 0 Å². The van der Waals surface area contributed by atoms with E-state index >= 15 is 8.78 Å². The molecule has 0 heterocycles. The molecule has 0 aliphatic heterocycles. The fourth-order valence-corrected chi connectivity index (χ4v) is 3.59. The van der Waals surface area contributed by atoms with Gasteiger partial charge in [0.1, 0.15) is 18.3 Å². The van der Waals surface area contributed by atoms with Crippen molar-refractivity contribution in [2.75, 3.05) is 33.0 Å². The Balaban J connectivity index is 3.09. The summed E-state index contributed by atoms with van der Waals surface area (Å²) in [6.07, 6.45) is 2.05. The number of aliphatic hydroxyl groups is 1. The number of halogens is 2. The van der Waals surface area contributed by atoms with Crippen LogP contribution >= 0.6 is 0 Å². The second-order valence-corrected chi connectivity index (χ2v) is 8.22. The Morgan fingerprint density at radius 2 is 1.10 bits per heavy atom. The molecule has 1 aliphatic rings. The number of hydrogen-bond donors (Lipinski definition) is 1.